The molecule has 0 spiro atoms. The summed E-state index contributed by atoms with van der Waals surface area (Å²) in [7, 11) is 1.68. The van der Waals surface area contributed by atoms with Gasteiger partial charge in [0.05, 0.1) is 13.4 Å². The molecule has 0 bridgehead atoms. The van der Waals surface area contributed by atoms with Gasteiger partial charge >= 0.3 is 0 Å². The quantitative estimate of drug-likeness (QED) is 0.881. The predicted molar refractivity (Wildman–Crippen MR) is 67.4 cm³/mol. The summed E-state index contributed by atoms with van der Waals surface area (Å²) in [5.74, 6) is 1.57. The Labute approximate surface area is 101 Å². The number of hydrogen-bond donors (Lipinski definition) is 1. The van der Waals surface area contributed by atoms with Gasteiger partial charge in [-0.1, -0.05) is 6.07 Å². The lowest BCUT2D eigenvalue weighted by molar-refractivity contribution is 0.410. The smallest absolute Gasteiger partial charge is 0.175 e. The first-order chi connectivity index (χ1) is 8.38. The number of hydrogen-bond acceptors (Lipinski definition) is 3. The molecule has 3 heteroatoms. The Morgan fingerprint density at radius 3 is 3.12 bits per heavy atom. The van der Waals surface area contributed by atoms with Crippen LogP contribution in [0.25, 0.3) is 11.0 Å². The van der Waals surface area contributed by atoms with E-state index in [1.54, 1.807) is 13.4 Å². The molecular formula is C14H17NO2. The Hall–Kier alpha value is -1.48. The van der Waals surface area contributed by atoms with Gasteiger partial charge in [0.1, 0.15) is 0 Å². The number of methoxy groups -OCH3 is 1. The largest absolute Gasteiger partial charge is 0.493 e. The van der Waals surface area contributed by atoms with Crippen LogP contribution in [-0.2, 0) is 6.42 Å². The molecule has 90 valence electrons. The first-order valence-corrected chi connectivity index (χ1v) is 6.12. The third kappa shape index (κ3) is 1.91. The Morgan fingerprint density at radius 2 is 2.35 bits per heavy atom. The lowest BCUT2D eigenvalue weighted by Crippen LogP contribution is -2.10. The third-order valence-electron chi connectivity index (χ3n) is 3.56. The van der Waals surface area contributed by atoms with Gasteiger partial charge in [-0.05, 0) is 49.5 Å². The topological polar surface area (TPSA) is 34.4 Å². The molecule has 0 aliphatic carbocycles. The van der Waals surface area contributed by atoms with E-state index in [0.29, 0.717) is 0 Å². The zero-order valence-electron chi connectivity index (χ0n) is 10.0. The summed E-state index contributed by atoms with van der Waals surface area (Å²) in [6.07, 6.45) is 4.13. The molecule has 1 N–H and O–H groups in total. The zero-order valence-corrected chi connectivity index (χ0v) is 10.0. The van der Waals surface area contributed by atoms with Crippen molar-refractivity contribution in [3.8, 4) is 5.75 Å². The van der Waals surface area contributed by atoms with E-state index in [9.17, 15) is 0 Å². The van der Waals surface area contributed by atoms with Crippen LogP contribution >= 0.6 is 0 Å². The number of benzene rings is 1. The van der Waals surface area contributed by atoms with Gasteiger partial charge in [-0.2, -0.15) is 0 Å². The van der Waals surface area contributed by atoms with Crippen LogP contribution in [0.4, 0.5) is 0 Å². The maximum Gasteiger partial charge on any atom is 0.175 e. The third-order valence-corrected chi connectivity index (χ3v) is 3.56. The van der Waals surface area contributed by atoms with E-state index >= 15 is 0 Å². The fourth-order valence-electron chi connectivity index (χ4n) is 2.63. The number of ether oxygens (including phenoxy) is 1. The van der Waals surface area contributed by atoms with Crippen molar-refractivity contribution in [1.82, 2.24) is 5.32 Å². The molecule has 1 unspecified atom stereocenters. The standard InChI is InChI=1S/C14H17NO2/c1-16-13-3-2-11(8-10-4-6-15-9-10)12-5-7-17-14(12)13/h2-3,5,7,10,15H,4,6,8-9H2,1H3. The molecule has 0 saturated carbocycles. The first-order valence-electron chi connectivity index (χ1n) is 6.12. The molecule has 2 heterocycles. The molecule has 1 fully saturated rings. The predicted octanol–water partition coefficient (Wildman–Crippen LogP) is 2.59. The molecule has 1 saturated heterocycles. The van der Waals surface area contributed by atoms with Crippen LogP contribution < -0.4 is 10.1 Å². The zero-order chi connectivity index (χ0) is 11.7. The van der Waals surface area contributed by atoms with Crippen molar-refractivity contribution in [2.75, 3.05) is 20.2 Å². The minimum absolute atomic E-state index is 0.751. The average molecular weight is 231 g/mol. The number of rotatable bonds is 3. The van der Waals surface area contributed by atoms with E-state index in [1.807, 2.05) is 12.1 Å². The van der Waals surface area contributed by atoms with E-state index < -0.39 is 0 Å². The molecule has 1 aliphatic heterocycles. The van der Waals surface area contributed by atoms with Gasteiger partial charge in [0.2, 0.25) is 0 Å². The highest BCUT2D eigenvalue weighted by atomic mass is 16.5. The maximum atomic E-state index is 5.50. The van der Waals surface area contributed by atoms with Gasteiger partial charge in [0.15, 0.2) is 11.3 Å². The fraction of sp³-hybridized carbons (Fsp3) is 0.429. The number of furan rings is 1. The molecule has 1 atom stereocenters. The maximum absolute atomic E-state index is 5.50. The normalized spacial score (nSPS) is 19.9. The molecule has 0 amide bonds. The molecule has 3 nitrogen and oxygen atoms in total. The summed E-state index contributed by atoms with van der Waals surface area (Å²) < 4.78 is 10.8. The van der Waals surface area contributed by atoms with Crippen molar-refractivity contribution in [3.05, 3.63) is 30.0 Å². The molecule has 3 rings (SSSR count). The summed E-state index contributed by atoms with van der Waals surface area (Å²) in [4.78, 5) is 0. The van der Waals surface area contributed by atoms with Crippen molar-refractivity contribution < 1.29 is 9.15 Å². The highest BCUT2D eigenvalue weighted by molar-refractivity contribution is 5.86. The van der Waals surface area contributed by atoms with E-state index in [4.69, 9.17) is 9.15 Å². The second kappa shape index (κ2) is 4.41. The second-order valence-corrected chi connectivity index (χ2v) is 4.65. The summed E-state index contributed by atoms with van der Waals surface area (Å²) in [6, 6.07) is 6.20. The van der Waals surface area contributed by atoms with Gasteiger partial charge in [-0.15, -0.1) is 0 Å². The molecule has 0 radical (unpaired) electrons. The molecule has 2 aromatic rings. The second-order valence-electron chi connectivity index (χ2n) is 4.65. The van der Waals surface area contributed by atoms with E-state index in [2.05, 4.69) is 11.4 Å². The van der Waals surface area contributed by atoms with Crippen LogP contribution in [0.3, 0.4) is 0 Å². The average Bonchev–Trinajstić information content (AvgIpc) is 2.99. The summed E-state index contributed by atoms with van der Waals surface area (Å²) in [6.45, 7) is 2.28. The van der Waals surface area contributed by atoms with Crippen molar-refractivity contribution in [1.29, 1.82) is 0 Å². The van der Waals surface area contributed by atoms with Crippen molar-refractivity contribution in [2.24, 2.45) is 5.92 Å². The van der Waals surface area contributed by atoms with Gasteiger partial charge < -0.3 is 14.5 Å². The molecule has 17 heavy (non-hydrogen) atoms. The summed E-state index contributed by atoms with van der Waals surface area (Å²) in [5, 5.41) is 4.60. The van der Waals surface area contributed by atoms with Crippen LogP contribution in [0.2, 0.25) is 0 Å². The lowest BCUT2D eigenvalue weighted by atomic mass is 9.96. The molecule has 1 aliphatic rings. The van der Waals surface area contributed by atoms with Crippen molar-refractivity contribution in [3.63, 3.8) is 0 Å². The Balaban J connectivity index is 1.96. The Kier molecular flexibility index (Phi) is 2.77. The van der Waals surface area contributed by atoms with Gasteiger partial charge in [-0.3, -0.25) is 0 Å². The molecule has 1 aromatic heterocycles. The van der Waals surface area contributed by atoms with E-state index in [-0.39, 0.29) is 0 Å². The van der Waals surface area contributed by atoms with Crippen LogP contribution in [0, 0.1) is 5.92 Å². The van der Waals surface area contributed by atoms with Gasteiger partial charge in [0.25, 0.3) is 0 Å². The number of nitrogens with one attached hydrogen (secondary N) is 1. The minimum atomic E-state index is 0.751. The lowest BCUT2D eigenvalue weighted by Gasteiger charge is -2.10. The molecular weight excluding hydrogens is 214 g/mol. The summed E-state index contributed by atoms with van der Waals surface area (Å²) in [5.41, 5.74) is 2.24. The highest BCUT2D eigenvalue weighted by Gasteiger charge is 2.17. The summed E-state index contributed by atoms with van der Waals surface area (Å²) >= 11 is 0. The van der Waals surface area contributed by atoms with Crippen LogP contribution in [0.1, 0.15) is 12.0 Å². The SMILES string of the molecule is COc1ccc(CC2CCNC2)c2ccoc12. The van der Waals surface area contributed by atoms with Crippen molar-refractivity contribution in [2.45, 2.75) is 12.8 Å². The van der Waals surface area contributed by atoms with Crippen LogP contribution in [0.5, 0.6) is 5.75 Å². The fourth-order valence-corrected chi connectivity index (χ4v) is 2.63. The number of fused-ring (bicyclic) bond motifs is 1. The Bertz CT molecular complexity index is 512. The van der Waals surface area contributed by atoms with Gasteiger partial charge in [-0.25, -0.2) is 0 Å². The van der Waals surface area contributed by atoms with E-state index in [0.717, 1.165) is 36.8 Å². The highest BCUT2D eigenvalue weighted by Crippen LogP contribution is 2.31. The van der Waals surface area contributed by atoms with E-state index in [1.165, 1.54) is 17.4 Å². The van der Waals surface area contributed by atoms with Crippen LogP contribution in [0.15, 0.2) is 28.9 Å². The minimum Gasteiger partial charge on any atom is -0.493 e. The van der Waals surface area contributed by atoms with Crippen LogP contribution in [-0.4, -0.2) is 20.2 Å². The first kappa shape index (κ1) is 10.7. The molecule has 1 aromatic carbocycles. The van der Waals surface area contributed by atoms with Crippen molar-refractivity contribution >= 4 is 11.0 Å². The Morgan fingerprint density at radius 1 is 1.41 bits per heavy atom. The van der Waals surface area contributed by atoms with Gasteiger partial charge in [0, 0.05) is 5.39 Å². The monoisotopic (exact) mass is 231 g/mol.